The van der Waals surface area contributed by atoms with E-state index in [2.05, 4.69) is 15.6 Å². The highest BCUT2D eigenvalue weighted by atomic mass is 16.4. The maximum absolute atomic E-state index is 11.8. The van der Waals surface area contributed by atoms with Gasteiger partial charge in [-0.3, -0.25) is 4.79 Å². The smallest absolute Gasteiger partial charge is 0.358 e. The molecule has 118 valence electrons. The molecule has 0 saturated heterocycles. The lowest BCUT2D eigenvalue weighted by molar-refractivity contribution is -0.124. The molecule has 2 unspecified atom stereocenters. The van der Waals surface area contributed by atoms with Crippen molar-refractivity contribution in [1.29, 1.82) is 0 Å². The van der Waals surface area contributed by atoms with Crippen LogP contribution in [0.5, 0.6) is 0 Å². The third-order valence-electron chi connectivity index (χ3n) is 3.14. The molecule has 0 aliphatic heterocycles. The summed E-state index contributed by atoms with van der Waals surface area (Å²) in [6, 6.07) is 0.163. The van der Waals surface area contributed by atoms with Gasteiger partial charge in [0.1, 0.15) is 0 Å². The van der Waals surface area contributed by atoms with Crippen LogP contribution in [-0.2, 0) is 11.3 Å². The lowest BCUT2D eigenvalue weighted by atomic mass is 10.0. The summed E-state index contributed by atoms with van der Waals surface area (Å²) < 4.78 is 1.39. The first-order valence-electron chi connectivity index (χ1n) is 7.07. The molecule has 0 aliphatic rings. The minimum Gasteiger partial charge on any atom is -0.476 e. The van der Waals surface area contributed by atoms with Gasteiger partial charge in [0.2, 0.25) is 5.91 Å². The molecule has 0 aromatic carbocycles. The van der Waals surface area contributed by atoms with Gasteiger partial charge in [-0.15, -0.1) is 5.10 Å². The number of rotatable bonds is 9. The number of amides is 1. The van der Waals surface area contributed by atoms with Crippen LogP contribution < -0.4 is 11.1 Å². The Kier molecular flexibility index (Phi) is 6.80. The first kappa shape index (κ1) is 17.1. The molecular weight excluding hydrogens is 274 g/mol. The zero-order valence-electron chi connectivity index (χ0n) is 12.5. The van der Waals surface area contributed by atoms with Crippen molar-refractivity contribution in [2.24, 2.45) is 11.7 Å². The summed E-state index contributed by atoms with van der Waals surface area (Å²) in [6.07, 6.45) is 3.98. The van der Waals surface area contributed by atoms with Crippen molar-refractivity contribution in [3.05, 3.63) is 11.9 Å². The van der Waals surface area contributed by atoms with Crippen LogP contribution in [0, 0.1) is 5.92 Å². The summed E-state index contributed by atoms with van der Waals surface area (Å²) in [5.74, 6) is -1.19. The predicted octanol–water partition coefficient (Wildman–Crippen LogP) is 0.246. The first-order chi connectivity index (χ1) is 9.90. The average Bonchev–Trinajstić information content (AvgIpc) is 2.87. The summed E-state index contributed by atoms with van der Waals surface area (Å²) in [7, 11) is 0. The molecule has 0 saturated carbocycles. The van der Waals surface area contributed by atoms with E-state index in [1.54, 1.807) is 0 Å². The second-order valence-corrected chi connectivity index (χ2v) is 5.27. The Balaban J connectivity index is 2.24. The van der Waals surface area contributed by atoms with E-state index in [1.165, 1.54) is 10.9 Å². The van der Waals surface area contributed by atoms with Crippen molar-refractivity contribution in [2.75, 3.05) is 6.54 Å². The van der Waals surface area contributed by atoms with Crippen LogP contribution >= 0.6 is 0 Å². The molecule has 1 aromatic heterocycles. The molecule has 8 heteroatoms. The van der Waals surface area contributed by atoms with Gasteiger partial charge in [0, 0.05) is 18.5 Å². The zero-order chi connectivity index (χ0) is 15.8. The van der Waals surface area contributed by atoms with Gasteiger partial charge in [-0.1, -0.05) is 18.6 Å². The fourth-order valence-electron chi connectivity index (χ4n) is 1.85. The highest BCUT2D eigenvalue weighted by molar-refractivity contribution is 5.84. The summed E-state index contributed by atoms with van der Waals surface area (Å²) in [6.45, 7) is 4.61. The van der Waals surface area contributed by atoms with Gasteiger partial charge in [-0.05, 0) is 19.8 Å². The molecule has 0 fully saturated rings. The van der Waals surface area contributed by atoms with Crippen molar-refractivity contribution in [3.8, 4) is 0 Å². The lowest BCUT2D eigenvalue weighted by Gasteiger charge is -2.12. The molecule has 2 atom stereocenters. The lowest BCUT2D eigenvalue weighted by Crippen LogP contribution is -2.32. The number of aromatic carboxylic acids is 1. The molecule has 0 bridgehead atoms. The SMILES string of the molecule is CC(N)CCCC(C)C(=O)NCCn1cc(C(=O)O)nn1. The standard InChI is InChI=1S/C13H23N5O3/c1-9(4-3-5-10(2)14)12(19)15-6-7-18-8-11(13(20)21)16-17-18/h8-10H,3-7,14H2,1-2H3,(H,15,19)(H,20,21). The molecule has 21 heavy (non-hydrogen) atoms. The molecule has 0 spiro atoms. The molecule has 0 radical (unpaired) electrons. The van der Waals surface area contributed by atoms with E-state index in [-0.39, 0.29) is 23.6 Å². The van der Waals surface area contributed by atoms with Gasteiger partial charge in [0.15, 0.2) is 5.69 Å². The van der Waals surface area contributed by atoms with E-state index in [1.807, 2.05) is 13.8 Å². The first-order valence-corrected chi connectivity index (χ1v) is 7.07. The van der Waals surface area contributed by atoms with E-state index >= 15 is 0 Å². The normalized spacial score (nSPS) is 13.7. The minimum absolute atomic E-state index is 0.0155. The van der Waals surface area contributed by atoms with Crippen molar-refractivity contribution in [2.45, 2.75) is 45.7 Å². The van der Waals surface area contributed by atoms with Gasteiger partial charge in [0.05, 0.1) is 12.7 Å². The number of aromatic nitrogens is 3. The second-order valence-electron chi connectivity index (χ2n) is 5.27. The summed E-state index contributed by atoms with van der Waals surface area (Å²) in [5, 5.41) is 18.7. The van der Waals surface area contributed by atoms with Crippen LogP contribution in [0.1, 0.15) is 43.6 Å². The Labute approximate surface area is 123 Å². The summed E-state index contributed by atoms with van der Waals surface area (Å²) >= 11 is 0. The number of nitrogens with one attached hydrogen (secondary N) is 1. The highest BCUT2D eigenvalue weighted by Gasteiger charge is 2.13. The summed E-state index contributed by atoms with van der Waals surface area (Å²) in [4.78, 5) is 22.5. The van der Waals surface area contributed by atoms with Crippen molar-refractivity contribution >= 4 is 11.9 Å². The maximum atomic E-state index is 11.8. The molecule has 1 amide bonds. The third-order valence-corrected chi connectivity index (χ3v) is 3.14. The number of carboxylic acids is 1. The number of hydrogen-bond acceptors (Lipinski definition) is 5. The van der Waals surface area contributed by atoms with Gasteiger partial charge >= 0.3 is 5.97 Å². The van der Waals surface area contributed by atoms with Crippen LogP contribution in [0.3, 0.4) is 0 Å². The average molecular weight is 297 g/mol. The fourth-order valence-corrected chi connectivity index (χ4v) is 1.85. The number of nitrogens with two attached hydrogens (primary N) is 1. The van der Waals surface area contributed by atoms with E-state index in [0.717, 1.165) is 19.3 Å². The molecule has 8 nitrogen and oxygen atoms in total. The fraction of sp³-hybridized carbons (Fsp3) is 0.692. The van der Waals surface area contributed by atoms with E-state index < -0.39 is 5.97 Å². The van der Waals surface area contributed by atoms with Gasteiger partial charge in [-0.2, -0.15) is 0 Å². The van der Waals surface area contributed by atoms with Crippen LogP contribution in [0.25, 0.3) is 0 Å². The summed E-state index contributed by atoms with van der Waals surface area (Å²) in [5.41, 5.74) is 5.56. The maximum Gasteiger partial charge on any atom is 0.358 e. The van der Waals surface area contributed by atoms with E-state index in [0.29, 0.717) is 13.1 Å². The van der Waals surface area contributed by atoms with E-state index in [9.17, 15) is 9.59 Å². The molecular formula is C13H23N5O3. The van der Waals surface area contributed by atoms with Gasteiger partial charge < -0.3 is 16.2 Å². The zero-order valence-corrected chi connectivity index (χ0v) is 12.5. The Morgan fingerprint density at radius 1 is 1.43 bits per heavy atom. The number of carboxylic acid groups (broad SMARTS) is 1. The minimum atomic E-state index is -1.12. The monoisotopic (exact) mass is 297 g/mol. The Bertz CT molecular complexity index is 472. The van der Waals surface area contributed by atoms with Crippen molar-refractivity contribution in [1.82, 2.24) is 20.3 Å². The largest absolute Gasteiger partial charge is 0.476 e. The molecule has 1 heterocycles. The van der Waals surface area contributed by atoms with Crippen LogP contribution in [-0.4, -0.2) is 44.6 Å². The Hall–Kier alpha value is -1.96. The Morgan fingerprint density at radius 2 is 2.14 bits per heavy atom. The van der Waals surface area contributed by atoms with Crippen molar-refractivity contribution < 1.29 is 14.7 Å². The quantitative estimate of drug-likeness (QED) is 0.600. The topological polar surface area (TPSA) is 123 Å². The number of carbonyl (C=O) groups excluding carboxylic acids is 1. The predicted molar refractivity (Wildman–Crippen MR) is 76.7 cm³/mol. The van der Waals surface area contributed by atoms with Crippen molar-refractivity contribution in [3.63, 3.8) is 0 Å². The van der Waals surface area contributed by atoms with Gasteiger partial charge in [0.25, 0.3) is 0 Å². The number of carbonyl (C=O) groups is 2. The van der Waals surface area contributed by atoms with Crippen LogP contribution in [0.2, 0.25) is 0 Å². The number of nitrogens with zero attached hydrogens (tertiary/aromatic N) is 3. The van der Waals surface area contributed by atoms with Crippen LogP contribution in [0.4, 0.5) is 0 Å². The molecule has 1 aromatic rings. The van der Waals surface area contributed by atoms with Crippen LogP contribution in [0.15, 0.2) is 6.20 Å². The Morgan fingerprint density at radius 3 is 2.71 bits per heavy atom. The molecule has 4 N–H and O–H groups in total. The number of hydrogen-bond donors (Lipinski definition) is 3. The molecule has 0 aliphatic carbocycles. The third kappa shape index (κ3) is 6.35. The molecule has 1 rings (SSSR count). The highest BCUT2D eigenvalue weighted by Crippen LogP contribution is 2.08. The second kappa shape index (κ2) is 8.35. The van der Waals surface area contributed by atoms with Gasteiger partial charge in [-0.25, -0.2) is 9.48 Å². The van der Waals surface area contributed by atoms with E-state index in [4.69, 9.17) is 10.8 Å².